The van der Waals surface area contributed by atoms with Gasteiger partial charge in [-0.05, 0) is 108 Å². The van der Waals surface area contributed by atoms with E-state index in [1.54, 1.807) is 0 Å². The molecular weight excluding hydrogens is 791 g/mol. The van der Waals surface area contributed by atoms with E-state index in [0.717, 1.165) is 17.1 Å². The van der Waals surface area contributed by atoms with Gasteiger partial charge in [0.2, 0.25) is 0 Å². The van der Waals surface area contributed by atoms with Crippen molar-refractivity contribution in [1.82, 2.24) is 0 Å². The third-order valence-corrected chi connectivity index (χ3v) is 14.0. The minimum absolute atomic E-state index is 1.10. The van der Waals surface area contributed by atoms with Crippen molar-refractivity contribution >= 4 is 70.1 Å². The maximum absolute atomic E-state index is 2.45. The largest absolute Gasteiger partial charge is 0.309 e. The maximum atomic E-state index is 2.45. The molecule has 0 unspecified atom stereocenters. The number of hydrogen-bond donors (Lipinski definition) is 0. The summed E-state index contributed by atoms with van der Waals surface area (Å²) in [7, 11) is 0. The highest BCUT2D eigenvalue weighted by Crippen LogP contribution is 2.48. The van der Waals surface area contributed by atoms with E-state index < -0.39 is 0 Å². The Bertz CT molecular complexity index is 3640. The van der Waals surface area contributed by atoms with Crippen molar-refractivity contribution in [3.63, 3.8) is 0 Å². The summed E-state index contributed by atoms with van der Waals surface area (Å²) < 4.78 is 2.59. The molecule has 11 aromatic carbocycles. The Hall–Kier alpha value is -8.04. The highest BCUT2D eigenvalue weighted by Gasteiger charge is 2.20. The van der Waals surface area contributed by atoms with Gasteiger partial charge in [-0.15, -0.1) is 11.3 Å². The van der Waals surface area contributed by atoms with Crippen molar-refractivity contribution in [3.05, 3.63) is 249 Å². The Morgan fingerprint density at radius 2 is 0.672 bits per heavy atom. The summed E-state index contributed by atoms with van der Waals surface area (Å²) in [5.74, 6) is 0. The predicted octanol–water partition coefficient (Wildman–Crippen LogP) is 18.2. The zero-order valence-corrected chi connectivity index (χ0v) is 35.8. The van der Waals surface area contributed by atoms with Gasteiger partial charge in [0.05, 0.1) is 10.4 Å². The van der Waals surface area contributed by atoms with Gasteiger partial charge in [-0.1, -0.05) is 218 Å². The van der Waals surface area contributed by atoms with Crippen LogP contribution in [0.25, 0.3) is 97.4 Å². The Morgan fingerprint density at radius 1 is 0.250 bits per heavy atom. The molecule has 12 aromatic rings. The molecular formula is C62H41NS. The fourth-order valence-corrected chi connectivity index (χ4v) is 11.0. The SMILES string of the molecule is c1ccc(-c2ccccc2-c2ccccc2-c2ccc(N(c3ccc(-c4cccc5cccc(-c6ccccc6)c45)cc3)c3cccc4c3sc3c5ccccc5ccc43)cc2)cc1. The lowest BCUT2D eigenvalue weighted by molar-refractivity contribution is 1.30. The second-order valence-corrected chi connectivity index (χ2v) is 17.4. The first-order chi connectivity index (χ1) is 31.8. The van der Waals surface area contributed by atoms with Gasteiger partial charge in [-0.25, -0.2) is 0 Å². The van der Waals surface area contributed by atoms with E-state index in [9.17, 15) is 0 Å². The molecule has 2 heteroatoms. The summed E-state index contributed by atoms with van der Waals surface area (Å²) in [5, 5.41) is 7.64. The summed E-state index contributed by atoms with van der Waals surface area (Å²) >= 11 is 1.89. The molecule has 0 bridgehead atoms. The number of rotatable bonds is 8. The minimum Gasteiger partial charge on any atom is -0.309 e. The van der Waals surface area contributed by atoms with Gasteiger partial charge >= 0.3 is 0 Å². The molecule has 0 atom stereocenters. The van der Waals surface area contributed by atoms with E-state index in [2.05, 4.69) is 254 Å². The summed E-state index contributed by atoms with van der Waals surface area (Å²) in [6, 6.07) is 90.8. The zero-order chi connectivity index (χ0) is 42.4. The summed E-state index contributed by atoms with van der Waals surface area (Å²) in [5.41, 5.74) is 15.5. The van der Waals surface area contributed by atoms with Crippen LogP contribution in [0.2, 0.25) is 0 Å². The average Bonchev–Trinajstić information content (AvgIpc) is 3.77. The van der Waals surface area contributed by atoms with Gasteiger partial charge in [-0.3, -0.25) is 0 Å². The van der Waals surface area contributed by atoms with Crippen molar-refractivity contribution in [2.24, 2.45) is 0 Å². The van der Waals surface area contributed by atoms with E-state index in [1.807, 2.05) is 11.3 Å². The van der Waals surface area contributed by atoms with E-state index >= 15 is 0 Å². The monoisotopic (exact) mass is 831 g/mol. The van der Waals surface area contributed by atoms with Gasteiger partial charge in [0.25, 0.3) is 0 Å². The van der Waals surface area contributed by atoms with Crippen LogP contribution in [0.15, 0.2) is 249 Å². The first-order valence-corrected chi connectivity index (χ1v) is 22.7. The highest BCUT2D eigenvalue weighted by atomic mass is 32.1. The van der Waals surface area contributed by atoms with Crippen LogP contribution in [0.3, 0.4) is 0 Å². The van der Waals surface area contributed by atoms with Gasteiger partial charge in [0.15, 0.2) is 0 Å². The smallest absolute Gasteiger partial charge is 0.0640 e. The molecule has 0 aliphatic heterocycles. The second kappa shape index (κ2) is 16.0. The van der Waals surface area contributed by atoms with Crippen molar-refractivity contribution < 1.29 is 0 Å². The van der Waals surface area contributed by atoms with Crippen molar-refractivity contribution in [2.45, 2.75) is 0 Å². The molecule has 0 fully saturated rings. The third kappa shape index (κ3) is 6.55. The van der Waals surface area contributed by atoms with Gasteiger partial charge < -0.3 is 4.90 Å². The van der Waals surface area contributed by atoms with Gasteiger partial charge in [0, 0.05) is 26.8 Å². The van der Waals surface area contributed by atoms with E-state index in [4.69, 9.17) is 0 Å². The third-order valence-electron chi connectivity index (χ3n) is 12.7. The number of benzene rings is 11. The minimum atomic E-state index is 1.10. The Labute approximate surface area is 377 Å². The predicted molar refractivity (Wildman–Crippen MR) is 276 cm³/mol. The highest BCUT2D eigenvalue weighted by molar-refractivity contribution is 7.27. The molecule has 0 radical (unpaired) electrons. The molecule has 0 saturated heterocycles. The van der Waals surface area contributed by atoms with Crippen LogP contribution in [0.5, 0.6) is 0 Å². The van der Waals surface area contributed by atoms with Crippen molar-refractivity contribution in [2.75, 3.05) is 4.90 Å². The number of hydrogen-bond acceptors (Lipinski definition) is 2. The Balaban J connectivity index is 1.01. The molecule has 1 nitrogen and oxygen atoms in total. The van der Waals surface area contributed by atoms with Crippen molar-refractivity contribution in [3.8, 4) is 55.6 Å². The normalized spacial score (nSPS) is 11.4. The molecule has 12 rings (SSSR count). The maximum Gasteiger partial charge on any atom is 0.0640 e. The van der Waals surface area contributed by atoms with Gasteiger partial charge in [-0.2, -0.15) is 0 Å². The second-order valence-electron chi connectivity index (χ2n) is 16.4. The molecule has 1 aromatic heterocycles. The Morgan fingerprint density at radius 3 is 1.28 bits per heavy atom. The quantitative estimate of drug-likeness (QED) is 0.147. The molecule has 64 heavy (non-hydrogen) atoms. The van der Waals surface area contributed by atoms with Crippen LogP contribution < -0.4 is 4.90 Å². The molecule has 0 N–H and O–H groups in total. The molecule has 0 aliphatic rings. The summed E-state index contributed by atoms with van der Waals surface area (Å²) in [6.07, 6.45) is 0. The lowest BCUT2D eigenvalue weighted by Crippen LogP contribution is -2.10. The zero-order valence-electron chi connectivity index (χ0n) is 35.0. The fourth-order valence-electron chi connectivity index (χ4n) is 9.69. The molecule has 0 saturated carbocycles. The number of anilines is 3. The molecule has 300 valence electrons. The average molecular weight is 832 g/mol. The first kappa shape index (κ1) is 37.7. The molecule has 1 heterocycles. The lowest BCUT2D eigenvalue weighted by Gasteiger charge is -2.27. The van der Waals surface area contributed by atoms with E-state index in [1.165, 1.54) is 97.4 Å². The molecule has 0 spiro atoms. The number of fused-ring (bicyclic) bond motifs is 6. The van der Waals surface area contributed by atoms with Crippen LogP contribution in [-0.4, -0.2) is 0 Å². The van der Waals surface area contributed by atoms with Crippen LogP contribution in [0.4, 0.5) is 17.1 Å². The summed E-state index contributed by atoms with van der Waals surface area (Å²) in [6.45, 7) is 0. The topological polar surface area (TPSA) is 3.24 Å². The summed E-state index contributed by atoms with van der Waals surface area (Å²) in [4.78, 5) is 2.45. The molecule has 0 aliphatic carbocycles. The van der Waals surface area contributed by atoms with Crippen molar-refractivity contribution in [1.29, 1.82) is 0 Å². The number of thiophene rings is 1. The van der Waals surface area contributed by atoms with Gasteiger partial charge in [0.1, 0.15) is 0 Å². The standard InChI is InChI=1S/C62H41NS/c1-3-16-42(17-4-1)50-23-9-11-26-55(50)56-27-12-10-24-51(56)45-32-37-48(38-33-45)63(59-31-15-30-57-58-41-36-44-20-7-8-25-54(44)61(58)64-62(57)59)49-39-34-46(35-40-49)53-29-14-22-47-21-13-28-52(60(47)53)43-18-5-2-6-19-43/h1-41H. The van der Waals surface area contributed by atoms with E-state index in [0.29, 0.717) is 0 Å². The van der Waals surface area contributed by atoms with Crippen LogP contribution in [-0.2, 0) is 0 Å². The lowest BCUT2D eigenvalue weighted by atomic mass is 9.89. The molecule has 0 amide bonds. The van der Waals surface area contributed by atoms with Crippen LogP contribution >= 0.6 is 11.3 Å². The number of nitrogens with zero attached hydrogens (tertiary/aromatic N) is 1. The Kier molecular flexibility index (Phi) is 9.43. The first-order valence-electron chi connectivity index (χ1n) is 21.9. The van der Waals surface area contributed by atoms with Crippen LogP contribution in [0, 0.1) is 0 Å². The van der Waals surface area contributed by atoms with E-state index in [-0.39, 0.29) is 0 Å². The fraction of sp³-hybridized carbons (Fsp3) is 0. The van der Waals surface area contributed by atoms with Crippen LogP contribution in [0.1, 0.15) is 0 Å².